The molecule has 108 valence electrons. The third-order valence-corrected chi connectivity index (χ3v) is 4.94. The van der Waals surface area contributed by atoms with Crippen molar-refractivity contribution in [2.75, 3.05) is 20.1 Å². The molecule has 0 aromatic carbocycles. The number of aromatic nitrogens is 2. The molecule has 2 unspecified atom stereocenters. The average molecular weight is 274 g/mol. The minimum absolute atomic E-state index is 0.0124. The van der Waals surface area contributed by atoms with E-state index >= 15 is 0 Å². The van der Waals surface area contributed by atoms with Crippen molar-refractivity contribution < 1.29 is 0 Å². The summed E-state index contributed by atoms with van der Waals surface area (Å²) in [7, 11) is 2.21. The SMILES string of the molecule is CN1CC2CCC(C1)N2Cc1cc(=O)[nH]c(C2CC2)n1. The first-order chi connectivity index (χ1) is 9.69. The molecule has 5 heteroatoms. The molecule has 1 saturated carbocycles. The summed E-state index contributed by atoms with van der Waals surface area (Å²) in [5.74, 6) is 1.42. The van der Waals surface area contributed by atoms with Crippen LogP contribution in [0.2, 0.25) is 0 Å². The molecule has 5 nitrogen and oxygen atoms in total. The van der Waals surface area contributed by atoms with Gasteiger partial charge in [0.05, 0.1) is 5.69 Å². The van der Waals surface area contributed by atoms with Gasteiger partial charge in [-0.05, 0) is 32.7 Å². The largest absolute Gasteiger partial charge is 0.310 e. The van der Waals surface area contributed by atoms with Gasteiger partial charge >= 0.3 is 0 Å². The lowest BCUT2D eigenvalue weighted by Gasteiger charge is -2.39. The van der Waals surface area contributed by atoms with Crippen LogP contribution in [0.25, 0.3) is 0 Å². The smallest absolute Gasteiger partial charge is 0.251 e. The van der Waals surface area contributed by atoms with E-state index in [0.717, 1.165) is 31.2 Å². The highest BCUT2D eigenvalue weighted by atomic mass is 16.1. The van der Waals surface area contributed by atoms with Gasteiger partial charge in [0.15, 0.2) is 0 Å². The average Bonchev–Trinajstić information content (AvgIpc) is 3.19. The predicted molar refractivity (Wildman–Crippen MR) is 76.7 cm³/mol. The number of H-pyrrole nitrogens is 1. The van der Waals surface area contributed by atoms with Gasteiger partial charge in [-0.3, -0.25) is 9.69 Å². The molecule has 2 aliphatic heterocycles. The van der Waals surface area contributed by atoms with Crippen LogP contribution in [0, 0.1) is 0 Å². The fourth-order valence-corrected chi connectivity index (χ4v) is 3.81. The van der Waals surface area contributed by atoms with E-state index in [4.69, 9.17) is 4.98 Å². The van der Waals surface area contributed by atoms with Crippen LogP contribution in [-0.2, 0) is 6.54 Å². The molecule has 3 fully saturated rings. The van der Waals surface area contributed by atoms with Gasteiger partial charge in [-0.1, -0.05) is 0 Å². The first-order valence-corrected chi connectivity index (χ1v) is 7.73. The van der Waals surface area contributed by atoms with E-state index in [1.807, 2.05) is 0 Å². The van der Waals surface area contributed by atoms with E-state index in [1.165, 1.54) is 25.7 Å². The van der Waals surface area contributed by atoms with Gasteiger partial charge in [0, 0.05) is 43.7 Å². The topological polar surface area (TPSA) is 52.2 Å². The minimum Gasteiger partial charge on any atom is -0.310 e. The number of nitrogens with one attached hydrogen (secondary N) is 1. The second-order valence-electron chi connectivity index (χ2n) is 6.67. The summed E-state index contributed by atoms with van der Waals surface area (Å²) >= 11 is 0. The molecule has 3 aliphatic rings. The molecule has 1 aromatic rings. The summed E-state index contributed by atoms with van der Waals surface area (Å²) in [6, 6.07) is 2.97. The molecule has 1 aromatic heterocycles. The zero-order chi connectivity index (χ0) is 13.7. The first kappa shape index (κ1) is 12.5. The number of hydrogen-bond donors (Lipinski definition) is 1. The van der Waals surface area contributed by atoms with Crippen molar-refractivity contribution in [1.29, 1.82) is 0 Å². The van der Waals surface area contributed by atoms with E-state index in [1.54, 1.807) is 6.07 Å². The molecule has 0 amide bonds. The van der Waals surface area contributed by atoms with E-state index in [-0.39, 0.29) is 5.56 Å². The van der Waals surface area contributed by atoms with Gasteiger partial charge in [0.1, 0.15) is 5.82 Å². The molecule has 0 radical (unpaired) electrons. The Hall–Kier alpha value is -1.20. The van der Waals surface area contributed by atoms with Crippen LogP contribution in [-0.4, -0.2) is 52.0 Å². The van der Waals surface area contributed by atoms with E-state index in [2.05, 4.69) is 21.8 Å². The quantitative estimate of drug-likeness (QED) is 0.891. The summed E-state index contributed by atoms with van der Waals surface area (Å²) in [5.41, 5.74) is 0.968. The molecule has 3 heterocycles. The fourth-order valence-electron chi connectivity index (χ4n) is 3.81. The molecule has 1 N–H and O–H groups in total. The van der Waals surface area contributed by atoms with Crippen molar-refractivity contribution in [1.82, 2.24) is 19.8 Å². The van der Waals surface area contributed by atoms with Gasteiger partial charge in [-0.25, -0.2) is 4.98 Å². The Balaban J connectivity index is 1.56. The first-order valence-electron chi connectivity index (χ1n) is 7.73. The van der Waals surface area contributed by atoms with Crippen molar-refractivity contribution in [2.45, 2.75) is 50.2 Å². The third-order valence-electron chi connectivity index (χ3n) is 4.94. The lowest BCUT2D eigenvalue weighted by molar-refractivity contribution is 0.0748. The van der Waals surface area contributed by atoms with E-state index in [9.17, 15) is 4.79 Å². The summed E-state index contributed by atoms with van der Waals surface area (Å²) in [4.78, 5) is 24.4. The molecule has 2 bridgehead atoms. The molecular weight excluding hydrogens is 252 g/mol. The molecule has 2 atom stereocenters. The Bertz CT molecular complexity index is 551. The molecule has 4 rings (SSSR count). The van der Waals surface area contributed by atoms with E-state index < -0.39 is 0 Å². The zero-order valence-corrected chi connectivity index (χ0v) is 12.0. The lowest BCUT2D eigenvalue weighted by atomic mass is 10.2. The number of hydrogen-bond acceptors (Lipinski definition) is 4. The molecular formula is C15H22N4O. The number of aromatic amines is 1. The van der Waals surface area contributed by atoms with Gasteiger partial charge in [0.2, 0.25) is 0 Å². The molecule has 1 aliphatic carbocycles. The number of likely N-dealkylation sites (N-methyl/N-ethyl adjacent to an activating group) is 1. The summed E-state index contributed by atoms with van der Waals surface area (Å²) < 4.78 is 0. The van der Waals surface area contributed by atoms with Crippen LogP contribution in [0.15, 0.2) is 10.9 Å². The normalized spacial score (nSPS) is 30.9. The van der Waals surface area contributed by atoms with Gasteiger partial charge < -0.3 is 9.88 Å². The Labute approximate surface area is 119 Å². The van der Waals surface area contributed by atoms with Gasteiger partial charge in [-0.15, -0.1) is 0 Å². The van der Waals surface area contributed by atoms with Crippen molar-refractivity contribution in [2.24, 2.45) is 0 Å². The number of rotatable bonds is 3. The standard InChI is InChI=1S/C15H22N4O/c1-18-8-12-4-5-13(9-18)19(12)7-11-6-14(20)17-15(16-11)10-2-3-10/h6,10,12-13H,2-5,7-9H2,1H3,(H,16,17,20). The highest BCUT2D eigenvalue weighted by molar-refractivity contribution is 5.11. The second kappa shape index (κ2) is 4.67. The maximum Gasteiger partial charge on any atom is 0.251 e. The Kier molecular flexibility index (Phi) is 2.93. The summed E-state index contributed by atoms with van der Waals surface area (Å²) in [5, 5.41) is 0. The summed E-state index contributed by atoms with van der Waals surface area (Å²) in [6.07, 6.45) is 4.92. The number of nitrogens with zero attached hydrogens (tertiary/aromatic N) is 3. The molecule has 20 heavy (non-hydrogen) atoms. The van der Waals surface area contributed by atoms with Crippen LogP contribution in [0.1, 0.15) is 43.1 Å². The van der Waals surface area contributed by atoms with Crippen LogP contribution in [0.5, 0.6) is 0 Å². The van der Waals surface area contributed by atoms with Gasteiger partial charge in [-0.2, -0.15) is 0 Å². The monoisotopic (exact) mass is 274 g/mol. The minimum atomic E-state index is 0.0124. The Morgan fingerprint density at radius 3 is 2.60 bits per heavy atom. The lowest BCUT2D eigenvalue weighted by Crippen LogP contribution is -2.51. The summed E-state index contributed by atoms with van der Waals surface area (Å²) in [6.45, 7) is 3.14. The van der Waals surface area contributed by atoms with E-state index in [0.29, 0.717) is 18.0 Å². The van der Waals surface area contributed by atoms with Crippen molar-refractivity contribution in [3.05, 3.63) is 27.9 Å². The van der Waals surface area contributed by atoms with Crippen LogP contribution in [0.3, 0.4) is 0 Å². The van der Waals surface area contributed by atoms with Crippen molar-refractivity contribution >= 4 is 0 Å². The van der Waals surface area contributed by atoms with Crippen molar-refractivity contribution in [3.63, 3.8) is 0 Å². The highest BCUT2D eigenvalue weighted by Crippen LogP contribution is 2.37. The Morgan fingerprint density at radius 1 is 1.25 bits per heavy atom. The predicted octanol–water partition coefficient (Wildman–Crippen LogP) is 0.926. The fraction of sp³-hybridized carbons (Fsp3) is 0.733. The van der Waals surface area contributed by atoms with Crippen LogP contribution in [0.4, 0.5) is 0 Å². The highest BCUT2D eigenvalue weighted by Gasteiger charge is 2.38. The second-order valence-corrected chi connectivity index (χ2v) is 6.67. The Morgan fingerprint density at radius 2 is 1.95 bits per heavy atom. The molecule has 2 saturated heterocycles. The van der Waals surface area contributed by atoms with Crippen molar-refractivity contribution in [3.8, 4) is 0 Å². The maximum atomic E-state index is 11.8. The van der Waals surface area contributed by atoms with Crippen LogP contribution < -0.4 is 5.56 Å². The number of piperazine rings is 1. The number of fused-ring (bicyclic) bond motifs is 2. The molecule has 0 spiro atoms. The van der Waals surface area contributed by atoms with Gasteiger partial charge in [0.25, 0.3) is 5.56 Å². The third kappa shape index (κ3) is 2.29. The zero-order valence-electron chi connectivity index (χ0n) is 12.0. The maximum absolute atomic E-state index is 11.8. The number of likely N-dealkylation sites (tertiary alicyclic amines) is 1. The van der Waals surface area contributed by atoms with Crippen LogP contribution >= 0.6 is 0 Å².